The Bertz CT molecular complexity index is 537. The number of morpholine rings is 1. The van der Waals surface area contributed by atoms with Crippen molar-refractivity contribution in [2.24, 2.45) is 0 Å². The van der Waals surface area contributed by atoms with E-state index in [4.69, 9.17) is 16.3 Å². The monoisotopic (exact) mass is 303 g/mol. The first-order valence-electron chi connectivity index (χ1n) is 6.24. The van der Waals surface area contributed by atoms with Gasteiger partial charge in [0.2, 0.25) is 10.0 Å². The molecule has 1 saturated heterocycles. The average molecular weight is 304 g/mol. The van der Waals surface area contributed by atoms with Gasteiger partial charge < -0.3 is 4.74 Å². The minimum Gasteiger partial charge on any atom is -0.373 e. The van der Waals surface area contributed by atoms with Crippen LogP contribution in [0.4, 0.5) is 0 Å². The summed E-state index contributed by atoms with van der Waals surface area (Å²) in [5.74, 6) is 0.305. The largest absolute Gasteiger partial charge is 0.373 e. The highest BCUT2D eigenvalue weighted by Crippen LogP contribution is 2.22. The van der Waals surface area contributed by atoms with Gasteiger partial charge in [-0.25, -0.2) is 8.42 Å². The summed E-state index contributed by atoms with van der Waals surface area (Å²) < 4.78 is 32.2. The summed E-state index contributed by atoms with van der Waals surface area (Å²) >= 11 is 5.75. The van der Waals surface area contributed by atoms with Gasteiger partial charge in [-0.3, -0.25) is 0 Å². The van der Waals surface area contributed by atoms with Crippen LogP contribution < -0.4 is 0 Å². The number of rotatable bonds is 3. The van der Waals surface area contributed by atoms with Crippen LogP contribution in [0.1, 0.15) is 19.4 Å². The SMILES string of the molecule is CC1CN(S(=O)(=O)c2cccc(CCl)c2)CC(C)O1. The molecule has 0 aromatic heterocycles. The van der Waals surface area contributed by atoms with E-state index in [9.17, 15) is 8.42 Å². The molecule has 1 aromatic rings. The van der Waals surface area contributed by atoms with E-state index in [0.29, 0.717) is 23.9 Å². The average Bonchev–Trinajstić information content (AvgIpc) is 2.37. The van der Waals surface area contributed by atoms with E-state index in [1.165, 1.54) is 4.31 Å². The van der Waals surface area contributed by atoms with Crippen LogP contribution in [0.5, 0.6) is 0 Å². The van der Waals surface area contributed by atoms with E-state index in [1.807, 2.05) is 19.9 Å². The molecule has 1 heterocycles. The summed E-state index contributed by atoms with van der Waals surface area (Å²) in [5.41, 5.74) is 0.803. The zero-order valence-electron chi connectivity index (χ0n) is 11.0. The van der Waals surface area contributed by atoms with Gasteiger partial charge in [0.15, 0.2) is 0 Å². The van der Waals surface area contributed by atoms with Crippen molar-refractivity contribution in [3.8, 4) is 0 Å². The molecule has 1 fully saturated rings. The molecule has 0 saturated carbocycles. The molecule has 2 rings (SSSR count). The van der Waals surface area contributed by atoms with Crippen LogP contribution in [0.3, 0.4) is 0 Å². The number of benzene rings is 1. The van der Waals surface area contributed by atoms with Gasteiger partial charge in [-0.15, -0.1) is 11.6 Å². The van der Waals surface area contributed by atoms with Crippen LogP contribution in [0.25, 0.3) is 0 Å². The Morgan fingerprint density at radius 1 is 1.32 bits per heavy atom. The van der Waals surface area contributed by atoms with Gasteiger partial charge in [-0.05, 0) is 31.5 Å². The van der Waals surface area contributed by atoms with Crippen molar-refractivity contribution in [2.45, 2.75) is 36.8 Å². The minimum absolute atomic E-state index is 0.0882. The Balaban J connectivity index is 2.30. The maximum Gasteiger partial charge on any atom is 0.243 e. The predicted molar refractivity (Wildman–Crippen MR) is 74.8 cm³/mol. The fourth-order valence-electron chi connectivity index (χ4n) is 2.27. The lowest BCUT2D eigenvalue weighted by atomic mass is 10.2. The van der Waals surface area contributed by atoms with Crippen molar-refractivity contribution < 1.29 is 13.2 Å². The quantitative estimate of drug-likeness (QED) is 0.805. The van der Waals surface area contributed by atoms with Crippen molar-refractivity contribution in [1.82, 2.24) is 4.31 Å². The molecule has 19 heavy (non-hydrogen) atoms. The second-order valence-corrected chi connectivity index (χ2v) is 7.07. The van der Waals surface area contributed by atoms with Crippen molar-refractivity contribution in [3.05, 3.63) is 29.8 Å². The zero-order chi connectivity index (χ0) is 14.0. The second kappa shape index (κ2) is 5.79. The van der Waals surface area contributed by atoms with Gasteiger partial charge in [0, 0.05) is 19.0 Å². The van der Waals surface area contributed by atoms with Gasteiger partial charge in [-0.2, -0.15) is 4.31 Å². The van der Waals surface area contributed by atoms with E-state index in [2.05, 4.69) is 0 Å². The topological polar surface area (TPSA) is 46.6 Å². The third kappa shape index (κ3) is 3.28. The molecule has 1 aliphatic rings. The highest BCUT2D eigenvalue weighted by Gasteiger charge is 2.32. The number of hydrogen-bond acceptors (Lipinski definition) is 3. The summed E-state index contributed by atoms with van der Waals surface area (Å²) in [5, 5.41) is 0. The molecule has 0 spiro atoms. The molecule has 0 aliphatic carbocycles. The van der Waals surface area contributed by atoms with Crippen LogP contribution in [0, 0.1) is 0 Å². The van der Waals surface area contributed by atoms with Gasteiger partial charge in [-0.1, -0.05) is 12.1 Å². The first-order valence-corrected chi connectivity index (χ1v) is 8.21. The Hall–Kier alpha value is -0.620. The number of ether oxygens (including phenoxy) is 1. The fraction of sp³-hybridized carbons (Fsp3) is 0.538. The zero-order valence-corrected chi connectivity index (χ0v) is 12.6. The molecule has 0 amide bonds. The normalized spacial score (nSPS) is 25.4. The summed E-state index contributed by atoms with van der Waals surface area (Å²) in [7, 11) is -3.47. The predicted octanol–water partition coefficient (Wildman–Crippen LogP) is 2.22. The number of hydrogen-bond donors (Lipinski definition) is 0. The highest BCUT2D eigenvalue weighted by molar-refractivity contribution is 7.89. The maximum atomic E-state index is 12.6. The summed E-state index contributed by atoms with van der Waals surface area (Å²) in [6.07, 6.45) is -0.176. The summed E-state index contributed by atoms with van der Waals surface area (Å²) in [6.45, 7) is 4.54. The van der Waals surface area contributed by atoms with Crippen LogP contribution >= 0.6 is 11.6 Å². The molecule has 6 heteroatoms. The number of halogens is 1. The Morgan fingerprint density at radius 2 is 1.95 bits per heavy atom. The molecule has 106 valence electrons. The van der Waals surface area contributed by atoms with Gasteiger partial charge in [0.1, 0.15) is 0 Å². The van der Waals surface area contributed by atoms with E-state index in [-0.39, 0.29) is 12.2 Å². The molecule has 1 aromatic carbocycles. The van der Waals surface area contributed by atoms with Crippen LogP contribution in [0.15, 0.2) is 29.2 Å². The third-order valence-corrected chi connectivity index (χ3v) is 5.21. The molecule has 2 unspecified atom stereocenters. The van der Waals surface area contributed by atoms with Gasteiger partial charge in [0.25, 0.3) is 0 Å². The minimum atomic E-state index is -3.47. The Kier molecular flexibility index (Phi) is 4.50. The van der Waals surface area contributed by atoms with E-state index >= 15 is 0 Å². The molecular weight excluding hydrogens is 286 g/mol. The lowest BCUT2D eigenvalue weighted by molar-refractivity contribution is -0.0440. The molecule has 0 radical (unpaired) electrons. The number of nitrogens with zero attached hydrogens (tertiary/aromatic N) is 1. The van der Waals surface area contributed by atoms with E-state index in [1.54, 1.807) is 18.2 Å². The van der Waals surface area contributed by atoms with Crippen molar-refractivity contribution in [3.63, 3.8) is 0 Å². The van der Waals surface area contributed by atoms with E-state index < -0.39 is 10.0 Å². The lowest BCUT2D eigenvalue weighted by Gasteiger charge is -2.34. The Morgan fingerprint density at radius 3 is 2.53 bits per heavy atom. The highest BCUT2D eigenvalue weighted by atomic mass is 35.5. The summed E-state index contributed by atoms with van der Waals surface area (Å²) in [4.78, 5) is 0.298. The smallest absolute Gasteiger partial charge is 0.243 e. The lowest BCUT2D eigenvalue weighted by Crippen LogP contribution is -2.48. The van der Waals surface area contributed by atoms with Crippen molar-refractivity contribution in [1.29, 1.82) is 0 Å². The molecule has 2 atom stereocenters. The first-order chi connectivity index (χ1) is 8.93. The molecule has 0 bridgehead atoms. The Labute approximate surface area is 119 Å². The standard InChI is InChI=1S/C13H18ClNO3S/c1-10-8-15(9-11(2)18-10)19(16,17)13-5-3-4-12(6-13)7-14/h3-6,10-11H,7-9H2,1-2H3. The number of alkyl halides is 1. The van der Waals surface area contributed by atoms with Crippen molar-refractivity contribution >= 4 is 21.6 Å². The summed E-state index contributed by atoms with van der Waals surface area (Å²) in [6, 6.07) is 6.78. The molecule has 0 N–H and O–H groups in total. The van der Waals surface area contributed by atoms with Crippen molar-refractivity contribution in [2.75, 3.05) is 13.1 Å². The second-order valence-electron chi connectivity index (χ2n) is 4.86. The van der Waals surface area contributed by atoms with Gasteiger partial charge >= 0.3 is 0 Å². The molecule has 4 nitrogen and oxygen atoms in total. The third-order valence-electron chi connectivity index (χ3n) is 3.08. The van der Waals surface area contributed by atoms with Crippen LogP contribution in [0.2, 0.25) is 0 Å². The van der Waals surface area contributed by atoms with Crippen LogP contribution in [-0.2, 0) is 20.6 Å². The molecule has 1 aliphatic heterocycles. The van der Waals surface area contributed by atoms with Gasteiger partial charge in [0.05, 0.1) is 17.1 Å². The maximum absolute atomic E-state index is 12.6. The van der Waals surface area contributed by atoms with Crippen LogP contribution in [-0.4, -0.2) is 38.0 Å². The van der Waals surface area contributed by atoms with E-state index in [0.717, 1.165) is 5.56 Å². The molecular formula is C13H18ClNO3S. The number of sulfonamides is 1. The first kappa shape index (κ1) is 14.8. The fourth-order valence-corrected chi connectivity index (χ4v) is 4.09.